The van der Waals surface area contributed by atoms with Gasteiger partial charge in [-0.05, 0) is 12.1 Å². The fourth-order valence-electron chi connectivity index (χ4n) is 1.78. The van der Waals surface area contributed by atoms with Crippen molar-refractivity contribution in [3.05, 3.63) is 59.9 Å². The molecule has 1 aromatic heterocycles. The molecule has 2 rings (SSSR count). The summed E-state index contributed by atoms with van der Waals surface area (Å²) in [5, 5.41) is 0. The third-order valence-electron chi connectivity index (χ3n) is 2.74. The summed E-state index contributed by atoms with van der Waals surface area (Å²) in [5.74, 6) is 0.436. The van der Waals surface area contributed by atoms with Gasteiger partial charge in [-0.15, -0.1) is 0 Å². The number of carbonyl (C=O) groups is 1. The highest BCUT2D eigenvalue weighted by Gasteiger charge is 2.12. The minimum absolute atomic E-state index is 0.197. The van der Waals surface area contributed by atoms with Gasteiger partial charge in [0.2, 0.25) is 0 Å². The van der Waals surface area contributed by atoms with Crippen LogP contribution in [0.3, 0.4) is 0 Å². The summed E-state index contributed by atoms with van der Waals surface area (Å²) >= 11 is 0. The lowest BCUT2D eigenvalue weighted by Crippen LogP contribution is -2.05. The minimum Gasteiger partial charge on any atom is -0.365 e. The Morgan fingerprint density at radius 1 is 1.19 bits per heavy atom. The van der Waals surface area contributed by atoms with E-state index in [9.17, 15) is 4.79 Å². The van der Waals surface area contributed by atoms with Crippen molar-refractivity contribution in [2.45, 2.75) is 19.3 Å². The first-order chi connectivity index (χ1) is 7.77. The predicted octanol–water partition coefficient (Wildman–Crippen LogP) is 3.39. The molecule has 1 atom stereocenters. The zero-order valence-electron chi connectivity index (χ0n) is 9.31. The van der Waals surface area contributed by atoms with Gasteiger partial charge in [0.15, 0.2) is 5.78 Å². The van der Waals surface area contributed by atoms with Gasteiger partial charge in [0.25, 0.3) is 0 Å². The molecule has 2 nitrogen and oxygen atoms in total. The molecule has 1 aromatic carbocycles. The monoisotopic (exact) mass is 213 g/mol. The number of hydrogen-bond acceptors (Lipinski definition) is 1. The second-order valence-electron chi connectivity index (χ2n) is 4.02. The molecular formula is C14H15NO. The largest absolute Gasteiger partial charge is 0.365 e. The van der Waals surface area contributed by atoms with Crippen LogP contribution in [0.4, 0.5) is 0 Å². The maximum atomic E-state index is 11.9. The summed E-state index contributed by atoms with van der Waals surface area (Å²) < 4.78 is 0. The van der Waals surface area contributed by atoms with E-state index in [2.05, 4.69) is 11.9 Å². The summed E-state index contributed by atoms with van der Waals surface area (Å²) in [7, 11) is 0. The molecular weight excluding hydrogens is 198 g/mol. The van der Waals surface area contributed by atoms with Gasteiger partial charge in [0.1, 0.15) is 0 Å². The average Bonchev–Trinajstić information content (AvgIpc) is 2.83. The summed E-state index contributed by atoms with van der Waals surface area (Å²) in [6, 6.07) is 13.4. The fourth-order valence-corrected chi connectivity index (χ4v) is 1.78. The number of rotatable bonds is 4. The van der Waals surface area contributed by atoms with Gasteiger partial charge in [-0.3, -0.25) is 4.79 Å². The van der Waals surface area contributed by atoms with Gasteiger partial charge in [-0.25, -0.2) is 0 Å². The maximum absolute atomic E-state index is 11.9. The predicted molar refractivity (Wildman–Crippen MR) is 64.6 cm³/mol. The summed E-state index contributed by atoms with van der Waals surface area (Å²) in [5.41, 5.74) is 1.91. The first kappa shape index (κ1) is 10.7. The molecule has 1 heterocycles. The van der Waals surface area contributed by atoms with E-state index in [0.29, 0.717) is 6.42 Å². The lowest BCUT2D eigenvalue weighted by molar-refractivity contribution is 0.0975. The Morgan fingerprint density at radius 3 is 2.56 bits per heavy atom. The second kappa shape index (κ2) is 4.79. The average molecular weight is 213 g/mol. The second-order valence-corrected chi connectivity index (χ2v) is 4.02. The minimum atomic E-state index is 0.197. The smallest absolute Gasteiger partial charge is 0.163 e. The van der Waals surface area contributed by atoms with Crippen LogP contribution in [0.5, 0.6) is 0 Å². The third-order valence-corrected chi connectivity index (χ3v) is 2.74. The topological polar surface area (TPSA) is 32.9 Å². The van der Waals surface area contributed by atoms with Crippen LogP contribution < -0.4 is 0 Å². The van der Waals surface area contributed by atoms with Crippen LogP contribution in [0.15, 0.2) is 48.7 Å². The molecule has 2 heteroatoms. The number of aromatic nitrogens is 1. The number of nitrogens with one attached hydrogen (secondary N) is 1. The summed E-state index contributed by atoms with van der Waals surface area (Å²) in [6.45, 7) is 2.06. The van der Waals surface area contributed by atoms with Crippen LogP contribution in [-0.4, -0.2) is 10.8 Å². The molecule has 16 heavy (non-hydrogen) atoms. The van der Waals surface area contributed by atoms with E-state index in [4.69, 9.17) is 0 Å². The number of benzene rings is 1. The molecule has 2 aromatic rings. The van der Waals surface area contributed by atoms with Crippen molar-refractivity contribution >= 4 is 5.78 Å². The molecule has 0 spiro atoms. The molecule has 0 aliphatic rings. The van der Waals surface area contributed by atoms with E-state index in [1.807, 2.05) is 48.7 Å². The van der Waals surface area contributed by atoms with E-state index >= 15 is 0 Å². The number of aromatic amines is 1. The molecule has 0 amide bonds. The highest BCUT2D eigenvalue weighted by atomic mass is 16.1. The fraction of sp³-hybridized carbons (Fsp3) is 0.214. The zero-order chi connectivity index (χ0) is 11.4. The van der Waals surface area contributed by atoms with Crippen LogP contribution in [0, 0.1) is 0 Å². The number of Topliss-reactive ketones (excluding diaryl/α,β-unsaturated/α-hetero) is 1. The van der Waals surface area contributed by atoms with Gasteiger partial charge in [0, 0.05) is 29.8 Å². The standard InChI is InChI=1S/C14H15NO/c1-11(13-8-5-9-15-13)10-14(16)12-6-3-2-4-7-12/h2-9,11,15H,10H2,1H3/t11-/m1/s1. The van der Waals surface area contributed by atoms with Gasteiger partial charge < -0.3 is 4.98 Å². The van der Waals surface area contributed by atoms with Gasteiger partial charge in [-0.2, -0.15) is 0 Å². The Labute approximate surface area is 95.3 Å². The molecule has 0 fully saturated rings. The van der Waals surface area contributed by atoms with Crippen molar-refractivity contribution < 1.29 is 4.79 Å². The molecule has 0 saturated carbocycles. The first-order valence-electron chi connectivity index (χ1n) is 5.49. The highest BCUT2D eigenvalue weighted by Crippen LogP contribution is 2.19. The van der Waals surface area contributed by atoms with Crippen LogP contribution in [0.25, 0.3) is 0 Å². The van der Waals surface area contributed by atoms with Crippen molar-refractivity contribution in [3.8, 4) is 0 Å². The Kier molecular flexibility index (Phi) is 3.20. The molecule has 0 aliphatic heterocycles. The number of H-pyrrole nitrogens is 1. The third kappa shape index (κ3) is 2.40. The molecule has 0 aliphatic carbocycles. The molecule has 0 saturated heterocycles. The molecule has 82 valence electrons. The van der Waals surface area contributed by atoms with Crippen molar-refractivity contribution in [2.75, 3.05) is 0 Å². The zero-order valence-corrected chi connectivity index (χ0v) is 9.31. The number of carbonyl (C=O) groups excluding carboxylic acids is 1. The van der Waals surface area contributed by atoms with E-state index in [0.717, 1.165) is 11.3 Å². The Hall–Kier alpha value is -1.83. The summed E-state index contributed by atoms with van der Waals surface area (Å²) in [6.07, 6.45) is 2.43. The SMILES string of the molecule is C[C@H](CC(=O)c1ccccc1)c1ccc[nH]1. The first-order valence-corrected chi connectivity index (χ1v) is 5.49. The molecule has 0 bridgehead atoms. The van der Waals surface area contributed by atoms with Crippen LogP contribution in [-0.2, 0) is 0 Å². The number of ketones is 1. The van der Waals surface area contributed by atoms with Crippen molar-refractivity contribution in [1.29, 1.82) is 0 Å². The van der Waals surface area contributed by atoms with Crippen LogP contribution in [0.1, 0.15) is 35.3 Å². The molecule has 0 unspecified atom stereocenters. The quantitative estimate of drug-likeness (QED) is 0.776. The lowest BCUT2D eigenvalue weighted by atomic mass is 9.97. The Morgan fingerprint density at radius 2 is 1.94 bits per heavy atom. The normalized spacial score (nSPS) is 12.3. The lowest BCUT2D eigenvalue weighted by Gasteiger charge is -2.08. The van der Waals surface area contributed by atoms with E-state index in [-0.39, 0.29) is 11.7 Å². The van der Waals surface area contributed by atoms with E-state index in [1.54, 1.807) is 0 Å². The van der Waals surface area contributed by atoms with E-state index < -0.39 is 0 Å². The van der Waals surface area contributed by atoms with Crippen molar-refractivity contribution in [2.24, 2.45) is 0 Å². The Balaban J connectivity index is 2.03. The highest BCUT2D eigenvalue weighted by molar-refractivity contribution is 5.96. The van der Waals surface area contributed by atoms with Crippen LogP contribution >= 0.6 is 0 Å². The molecule has 1 N–H and O–H groups in total. The van der Waals surface area contributed by atoms with Crippen molar-refractivity contribution in [1.82, 2.24) is 4.98 Å². The maximum Gasteiger partial charge on any atom is 0.163 e. The van der Waals surface area contributed by atoms with Crippen LogP contribution in [0.2, 0.25) is 0 Å². The van der Waals surface area contributed by atoms with Gasteiger partial charge in [0.05, 0.1) is 0 Å². The number of hydrogen-bond donors (Lipinski definition) is 1. The van der Waals surface area contributed by atoms with Gasteiger partial charge >= 0.3 is 0 Å². The summed E-state index contributed by atoms with van der Waals surface area (Å²) in [4.78, 5) is 15.1. The van der Waals surface area contributed by atoms with E-state index in [1.165, 1.54) is 0 Å². The van der Waals surface area contributed by atoms with Crippen molar-refractivity contribution in [3.63, 3.8) is 0 Å². The van der Waals surface area contributed by atoms with Gasteiger partial charge in [-0.1, -0.05) is 37.3 Å². The molecule has 0 radical (unpaired) electrons. The Bertz CT molecular complexity index is 445.